The SMILES string of the molecule is NCCc1ccccc1.O=C(CCS(=O)O)NCCc1ccccc1. The molecule has 136 valence electrons. The van der Waals surface area contributed by atoms with Crippen LogP contribution >= 0.6 is 0 Å². The van der Waals surface area contributed by atoms with Crippen LogP contribution in [0.4, 0.5) is 0 Å². The van der Waals surface area contributed by atoms with Crippen molar-refractivity contribution >= 4 is 17.0 Å². The number of carbonyl (C=O) groups is 1. The van der Waals surface area contributed by atoms with E-state index in [1.165, 1.54) is 5.56 Å². The highest BCUT2D eigenvalue weighted by Crippen LogP contribution is 1.98. The Hall–Kier alpha value is -2.02. The summed E-state index contributed by atoms with van der Waals surface area (Å²) in [5.41, 5.74) is 7.84. The summed E-state index contributed by atoms with van der Waals surface area (Å²) in [6.45, 7) is 1.30. The molecular weight excluding hydrogens is 336 g/mol. The van der Waals surface area contributed by atoms with E-state index < -0.39 is 11.1 Å². The molecule has 6 heteroatoms. The summed E-state index contributed by atoms with van der Waals surface area (Å²) in [5.74, 6) is -0.185. The quantitative estimate of drug-likeness (QED) is 0.627. The maximum atomic E-state index is 11.2. The fraction of sp³-hybridized carbons (Fsp3) is 0.316. The van der Waals surface area contributed by atoms with Crippen molar-refractivity contribution in [2.75, 3.05) is 18.8 Å². The van der Waals surface area contributed by atoms with Gasteiger partial charge in [0.05, 0.1) is 5.75 Å². The normalized spacial score (nSPS) is 11.1. The molecule has 0 aromatic heterocycles. The number of benzene rings is 2. The molecule has 0 spiro atoms. The number of hydrogen-bond donors (Lipinski definition) is 3. The molecule has 1 atom stereocenters. The highest BCUT2D eigenvalue weighted by molar-refractivity contribution is 7.79. The zero-order valence-electron chi connectivity index (χ0n) is 14.3. The molecule has 2 aromatic carbocycles. The lowest BCUT2D eigenvalue weighted by Crippen LogP contribution is -2.26. The van der Waals surface area contributed by atoms with Gasteiger partial charge in [0.2, 0.25) is 5.91 Å². The largest absolute Gasteiger partial charge is 0.356 e. The smallest absolute Gasteiger partial charge is 0.221 e. The van der Waals surface area contributed by atoms with E-state index in [1.807, 2.05) is 48.5 Å². The summed E-state index contributed by atoms with van der Waals surface area (Å²) in [6.07, 6.45) is 1.85. The first-order valence-electron chi connectivity index (χ1n) is 8.24. The molecule has 4 N–H and O–H groups in total. The minimum absolute atomic E-state index is 0.00281. The van der Waals surface area contributed by atoms with Gasteiger partial charge >= 0.3 is 0 Å². The van der Waals surface area contributed by atoms with Crippen molar-refractivity contribution in [1.29, 1.82) is 0 Å². The molecule has 25 heavy (non-hydrogen) atoms. The van der Waals surface area contributed by atoms with Crippen LogP contribution in [0.3, 0.4) is 0 Å². The molecule has 1 unspecified atom stereocenters. The highest BCUT2D eigenvalue weighted by atomic mass is 32.2. The number of amides is 1. The molecule has 0 radical (unpaired) electrons. The van der Waals surface area contributed by atoms with Crippen molar-refractivity contribution in [3.05, 3.63) is 71.8 Å². The first-order chi connectivity index (χ1) is 12.1. The average molecular weight is 362 g/mol. The zero-order chi connectivity index (χ0) is 18.3. The monoisotopic (exact) mass is 362 g/mol. The fourth-order valence-corrected chi connectivity index (χ4v) is 2.43. The second-order valence-corrected chi connectivity index (χ2v) is 6.44. The molecule has 0 aliphatic carbocycles. The Kier molecular flexibility index (Phi) is 11.2. The fourth-order valence-electron chi connectivity index (χ4n) is 2.07. The van der Waals surface area contributed by atoms with Crippen LogP contribution in [0.2, 0.25) is 0 Å². The standard InChI is InChI=1S/C11H15NO3S.C8H11N/c13-11(7-9-16(14)15)12-8-6-10-4-2-1-3-5-10;9-7-6-8-4-2-1-3-5-8/h1-5H,6-9H2,(H,12,13)(H,14,15);1-5H,6-7,9H2. The minimum Gasteiger partial charge on any atom is -0.356 e. The van der Waals surface area contributed by atoms with Gasteiger partial charge in [-0.2, -0.15) is 0 Å². The second-order valence-electron chi connectivity index (χ2n) is 5.39. The molecule has 5 nitrogen and oxygen atoms in total. The van der Waals surface area contributed by atoms with Crippen LogP contribution in [0.5, 0.6) is 0 Å². The lowest BCUT2D eigenvalue weighted by atomic mass is 10.1. The Morgan fingerprint density at radius 2 is 1.48 bits per heavy atom. The summed E-state index contributed by atoms with van der Waals surface area (Å²) in [7, 11) is 0. The van der Waals surface area contributed by atoms with Gasteiger partial charge in [0, 0.05) is 13.0 Å². The zero-order valence-corrected chi connectivity index (χ0v) is 15.1. The van der Waals surface area contributed by atoms with E-state index in [-0.39, 0.29) is 18.1 Å². The summed E-state index contributed by atoms with van der Waals surface area (Å²) < 4.78 is 18.8. The van der Waals surface area contributed by atoms with Crippen molar-refractivity contribution in [3.8, 4) is 0 Å². The van der Waals surface area contributed by atoms with Crippen LogP contribution < -0.4 is 11.1 Å². The van der Waals surface area contributed by atoms with E-state index in [2.05, 4.69) is 17.4 Å². The molecule has 1 amide bonds. The molecular formula is C19H26N2O3S. The predicted octanol–water partition coefficient (Wildman–Crippen LogP) is 2.14. The molecule has 0 bridgehead atoms. The molecule has 0 saturated carbocycles. The Labute approximate surface area is 151 Å². The van der Waals surface area contributed by atoms with Crippen molar-refractivity contribution in [2.45, 2.75) is 19.3 Å². The van der Waals surface area contributed by atoms with Crippen molar-refractivity contribution in [2.24, 2.45) is 5.73 Å². The van der Waals surface area contributed by atoms with Gasteiger partial charge in [-0.05, 0) is 30.5 Å². The molecule has 0 saturated heterocycles. The summed E-state index contributed by atoms with van der Waals surface area (Å²) >= 11 is -1.89. The van der Waals surface area contributed by atoms with Gasteiger partial charge < -0.3 is 15.6 Å². The van der Waals surface area contributed by atoms with E-state index in [1.54, 1.807) is 0 Å². The Morgan fingerprint density at radius 1 is 0.960 bits per heavy atom. The van der Waals surface area contributed by atoms with Crippen LogP contribution in [-0.2, 0) is 28.7 Å². The summed E-state index contributed by atoms with van der Waals surface area (Å²) in [5, 5.41) is 2.70. The maximum Gasteiger partial charge on any atom is 0.221 e. The van der Waals surface area contributed by atoms with Gasteiger partial charge in [0.15, 0.2) is 11.1 Å². The first kappa shape index (κ1) is 21.0. The van der Waals surface area contributed by atoms with Gasteiger partial charge in [-0.15, -0.1) is 0 Å². The van der Waals surface area contributed by atoms with Gasteiger partial charge in [0.25, 0.3) is 0 Å². The van der Waals surface area contributed by atoms with Gasteiger partial charge in [-0.1, -0.05) is 60.7 Å². The molecule has 0 aliphatic rings. The Bertz CT molecular complexity index is 621. The number of rotatable bonds is 8. The van der Waals surface area contributed by atoms with Crippen molar-refractivity contribution in [1.82, 2.24) is 5.32 Å². The average Bonchev–Trinajstić information content (AvgIpc) is 2.63. The van der Waals surface area contributed by atoms with E-state index in [0.717, 1.165) is 24.9 Å². The number of hydrogen-bond acceptors (Lipinski definition) is 3. The topological polar surface area (TPSA) is 92.4 Å². The minimum atomic E-state index is -1.89. The third-order valence-corrected chi connectivity index (χ3v) is 3.91. The lowest BCUT2D eigenvalue weighted by Gasteiger charge is -2.04. The van der Waals surface area contributed by atoms with Crippen LogP contribution in [0.15, 0.2) is 60.7 Å². The van der Waals surface area contributed by atoms with Gasteiger partial charge in [-0.3, -0.25) is 4.79 Å². The van der Waals surface area contributed by atoms with E-state index in [0.29, 0.717) is 6.54 Å². The van der Waals surface area contributed by atoms with Crippen LogP contribution in [0, 0.1) is 0 Å². The van der Waals surface area contributed by atoms with Crippen molar-refractivity contribution in [3.63, 3.8) is 0 Å². The van der Waals surface area contributed by atoms with E-state index >= 15 is 0 Å². The first-order valence-corrected chi connectivity index (χ1v) is 9.51. The van der Waals surface area contributed by atoms with Gasteiger partial charge in [-0.25, -0.2) is 4.21 Å². The predicted molar refractivity (Wildman–Crippen MR) is 103 cm³/mol. The summed E-state index contributed by atoms with van der Waals surface area (Å²) in [4.78, 5) is 11.2. The molecule has 0 aliphatic heterocycles. The second kappa shape index (κ2) is 13.3. The molecule has 0 fully saturated rings. The maximum absolute atomic E-state index is 11.2. The Balaban J connectivity index is 0.000000293. The highest BCUT2D eigenvalue weighted by Gasteiger charge is 2.02. The number of nitrogens with one attached hydrogen (secondary N) is 1. The molecule has 2 rings (SSSR count). The van der Waals surface area contributed by atoms with Crippen LogP contribution in [-0.4, -0.2) is 33.5 Å². The molecule has 0 heterocycles. The number of carbonyl (C=O) groups excluding carboxylic acids is 1. The number of nitrogens with two attached hydrogens (primary N) is 1. The molecule has 2 aromatic rings. The van der Waals surface area contributed by atoms with Crippen LogP contribution in [0.1, 0.15) is 17.5 Å². The van der Waals surface area contributed by atoms with Crippen LogP contribution in [0.25, 0.3) is 0 Å². The third-order valence-electron chi connectivity index (χ3n) is 3.36. The lowest BCUT2D eigenvalue weighted by molar-refractivity contribution is -0.120. The van der Waals surface area contributed by atoms with Crippen molar-refractivity contribution < 1.29 is 13.6 Å². The van der Waals surface area contributed by atoms with E-state index in [9.17, 15) is 9.00 Å². The van der Waals surface area contributed by atoms with Gasteiger partial charge in [0.1, 0.15) is 0 Å². The summed E-state index contributed by atoms with van der Waals surface area (Å²) in [6, 6.07) is 20.1. The van der Waals surface area contributed by atoms with E-state index in [4.69, 9.17) is 10.3 Å². The Morgan fingerprint density at radius 3 is 1.96 bits per heavy atom. The third kappa shape index (κ3) is 11.2.